The molecule has 110 valence electrons. The average Bonchev–Trinajstić information content (AvgIpc) is 2.45. The van der Waals surface area contributed by atoms with E-state index in [9.17, 15) is 4.79 Å². The Hall–Kier alpha value is -1.82. The highest BCUT2D eigenvalue weighted by molar-refractivity contribution is 5.95. The van der Waals surface area contributed by atoms with E-state index in [0.717, 1.165) is 25.9 Å². The molecule has 0 aliphatic carbocycles. The average molecular weight is 278 g/mol. The van der Waals surface area contributed by atoms with Crippen molar-refractivity contribution in [3.05, 3.63) is 17.8 Å². The molecule has 2 N–H and O–H groups in total. The lowest BCUT2D eigenvalue weighted by Gasteiger charge is -2.37. The van der Waals surface area contributed by atoms with Crippen LogP contribution in [0.3, 0.4) is 0 Å². The van der Waals surface area contributed by atoms with Crippen molar-refractivity contribution in [2.45, 2.75) is 18.9 Å². The highest BCUT2D eigenvalue weighted by Crippen LogP contribution is 2.24. The smallest absolute Gasteiger partial charge is 0.341 e. The highest BCUT2D eigenvalue weighted by Gasteiger charge is 2.25. The minimum atomic E-state index is -0.407. The second-order valence-corrected chi connectivity index (χ2v) is 5.30. The number of nitrogens with zero attached hydrogens (tertiary/aromatic N) is 3. The number of likely N-dealkylation sites (N-methyl/N-ethyl adjacent to an activating group) is 2. The molecule has 1 aliphatic heterocycles. The molecule has 20 heavy (non-hydrogen) atoms. The van der Waals surface area contributed by atoms with Gasteiger partial charge in [0.1, 0.15) is 11.4 Å². The van der Waals surface area contributed by atoms with Crippen LogP contribution in [0.25, 0.3) is 0 Å². The zero-order valence-electron chi connectivity index (χ0n) is 12.3. The first kappa shape index (κ1) is 14.6. The van der Waals surface area contributed by atoms with Crippen LogP contribution in [0.5, 0.6) is 0 Å². The Morgan fingerprint density at radius 2 is 2.35 bits per heavy atom. The molecular weight excluding hydrogens is 256 g/mol. The van der Waals surface area contributed by atoms with Crippen LogP contribution >= 0.6 is 0 Å². The lowest BCUT2D eigenvalue weighted by molar-refractivity contribution is 0.0601. The van der Waals surface area contributed by atoms with Gasteiger partial charge in [-0.1, -0.05) is 0 Å². The van der Waals surface area contributed by atoms with Crippen LogP contribution in [-0.2, 0) is 4.74 Å². The van der Waals surface area contributed by atoms with Crippen molar-refractivity contribution in [2.24, 2.45) is 0 Å². The molecule has 2 rings (SSSR count). The maximum Gasteiger partial charge on any atom is 0.341 e. The molecule has 1 aliphatic rings. The largest absolute Gasteiger partial charge is 0.465 e. The van der Waals surface area contributed by atoms with Crippen LogP contribution in [0.4, 0.5) is 11.5 Å². The van der Waals surface area contributed by atoms with Gasteiger partial charge < -0.3 is 20.3 Å². The van der Waals surface area contributed by atoms with Gasteiger partial charge in [0.2, 0.25) is 0 Å². The number of hydrogen-bond donors (Lipinski definition) is 1. The van der Waals surface area contributed by atoms with Gasteiger partial charge in [0.25, 0.3) is 0 Å². The SMILES string of the molecule is COC(=O)c1cc(N)cnc1N(C)C1CCCN(C)C1. The molecule has 1 aromatic rings. The second-order valence-electron chi connectivity index (χ2n) is 5.30. The van der Waals surface area contributed by atoms with Crippen molar-refractivity contribution < 1.29 is 9.53 Å². The Morgan fingerprint density at radius 3 is 3.00 bits per heavy atom. The van der Waals surface area contributed by atoms with Gasteiger partial charge in [0, 0.05) is 19.6 Å². The number of esters is 1. The molecule has 1 unspecified atom stereocenters. The van der Waals surface area contributed by atoms with Crippen molar-refractivity contribution in [1.82, 2.24) is 9.88 Å². The predicted octanol–water partition coefficient (Wildman–Crippen LogP) is 0.981. The van der Waals surface area contributed by atoms with E-state index < -0.39 is 5.97 Å². The molecule has 1 aromatic heterocycles. The number of anilines is 2. The third kappa shape index (κ3) is 3.01. The van der Waals surface area contributed by atoms with Crippen LogP contribution in [0.1, 0.15) is 23.2 Å². The molecule has 6 heteroatoms. The number of piperidine rings is 1. The first-order chi connectivity index (χ1) is 9.52. The molecule has 0 saturated carbocycles. The lowest BCUT2D eigenvalue weighted by Crippen LogP contribution is -2.45. The number of likely N-dealkylation sites (tertiary alicyclic amines) is 1. The maximum absolute atomic E-state index is 11.9. The topological polar surface area (TPSA) is 71.7 Å². The summed E-state index contributed by atoms with van der Waals surface area (Å²) in [6, 6.07) is 1.96. The molecule has 0 radical (unpaired) electrons. The van der Waals surface area contributed by atoms with Gasteiger partial charge >= 0.3 is 5.97 Å². The molecule has 6 nitrogen and oxygen atoms in total. The number of pyridine rings is 1. The molecular formula is C14H22N4O2. The summed E-state index contributed by atoms with van der Waals surface area (Å²) in [6.45, 7) is 2.08. The van der Waals surface area contributed by atoms with Crippen LogP contribution in [0.15, 0.2) is 12.3 Å². The van der Waals surface area contributed by atoms with Crippen LogP contribution in [0, 0.1) is 0 Å². The number of hydrogen-bond acceptors (Lipinski definition) is 6. The van der Waals surface area contributed by atoms with Crippen molar-refractivity contribution >= 4 is 17.5 Å². The number of methoxy groups -OCH3 is 1. The second kappa shape index (κ2) is 6.09. The predicted molar refractivity (Wildman–Crippen MR) is 78.9 cm³/mol. The first-order valence-corrected chi connectivity index (χ1v) is 6.78. The van der Waals surface area contributed by atoms with E-state index in [0.29, 0.717) is 23.1 Å². The number of aromatic nitrogens is 1. The maximum atomic E-state index is 11.9. The van der Waals surface area contributed by atoms with Crippen molar-refractivity contribution in [3.8, 4) is 0 Å². The number of carbonyl (C=O) groups excluding carboxylic acids is 1. The number of ether oxygens (including phenoxy) is 1. The monoisotopic (exact) mass is 278 g/mol. The number of rotatable bonds is 3. The summed E-state index contributed by atoms with van der Waals surface area (Å²) in [5, 5.41) is 0. The minimum Gasteiger partial charge on any atom is -0.465 e. The quantitative estimate of drug-likeness (QED) is 0.831. The lowest BCUT2D eigenvalue weighted by atomic mass is 10.0. The molecule has 0 spiro atoms. The molecule has 1 saturated heterocycles. The summed E-state index contributed by atoms with van der Waals surface area (Å²) in [7, 11) is 5.44. The van der Waals surface area contributed by atoms with Crippen molar-refractivity contribution in [2.75, 3.05) is 44.9 Å². The summed E-state index contributed by atoms with van der Waals surface area (Å²) < 4.78 is 4.82. The number of nitrogens with two attached hydrogens (primary N) is 1. The van der Waals surface area contributed by atoms with Crippen LogP contribution < -0.4 is 10.6 Å². The van der Waals surface area contributed by atoms with Gasteiger partial charge in [-0.2, -0.15) is 0 Å². The summed E-state index contributed by atoms with van der Waals surface area (Å²) in [6.07, 6.45) is 3.81. The summed E-state index contributed by atoms with van der Waals surface area (Å²) in [5.41, 5.74) is 6.60. The van der Waals surface area contributed by atoms with Gasteiger partial charge in [0.05, 0.1) is 19.0 Å². The molecule has 0 amide bonds. The van der Waals surface area contributed by atoms with Crippen molar-refractivity contribution in [1.29, 1.82) is 0 Å². The zero-order chi connectivity index (χ0) is 14.7. The molecule has 1 fully saturated rings. The molecule has 1 atom stereocenters. The fourth-order valence-electron chi connectivity index (χ4n) is 2.64. The zero-order valence-corrected chi connectivity index (χ0v) is 12.3. The van der Waals surface area contributed by atoms with E-state index in [-0.39, 0.29) is 0 Å². The summed E-state index contributed by atoms with van der Waals surface area (Å²) >= 11 is 0. The summed E-state index contributed by atoms with van der Waals surface area (Å²) in [5.74, 6) is 0.224. The molecule has 0 bridgehead atoms. The minimum absolute atomic E-state index is 0.341. The Bertz CT molecular complexity index is 492. The van der Waals surface area contributed by atoms with E-state index >= 15 is 0 Å². The fourth-order valence-corrected chi connectivity index (χ4v) is 2.64. The van der Waals surface area contributed by atoms with Crippen molar-refractivity contribution in [3.63, 3.8) is 0 Å². The normalized spacial score (nSPS) is 19.6. The standard InChI is InChI=1S/C14H22N4O2/c1-17-6-4-5-11(9-17)18(2)13-12(14(19)20-3)7-10(15)8-16-13/h7-8,11H,4-6,9,15H2,1-3H3. The highest BCUT2D eigenvalue weighted by atomic mass is 16.5. The Labute approximate surface area is 119 Å². The van der Waals surface area contributed by atoms with E-state index in [1.165, 1.54) is 7.11 Å². The summed E-state index contributed by atoms with van der Waals surface area (Å²) in [4.78, 5) is 20.6. The van der Waals surface area contributed by atoms with Gasteiger partial charge in [0.15, 0.2) is 0 Å². The van der Waals surface area contributed by atoms with Crippen LogP contribution in [-0.4, -0.2) is 56.2 Å². The fraction of sp³-hybridized carbons (Fsp3) is 0.571. The van der Waals surface area contributed by atoms with Crippen LogP contribution in [0.2, 0.25) is 0 Å². The third-order valence-electron chi connectivity index (χ3n) is 3.77. The van der Waals surface area contributed by atoms with Gasteiger partial charge in [-0.05, 0) is 32.5 Å². The number of nitrogen functional groups attached to an aromatic ring is 1. The van der Waals surface area contributed by atoms with Gasteiger partial charge in [-0.15, -0.1) is 0 Å². The first-order valence-electron chi connectivity index (χ1n) is 6.78. The van der Waals surface area contributed by atoms with E-state index in [1.54, 1.807) is 12.3 Å². The van der Waals surface area contributed by atoms with E-state index in [1.807, 2.05) is 7.05 Å². The Kier molecular flexibility index (Phi) is 4.44. The Balaban J connectivity index is 2.28. The molecule has 2 heterocycles. The van der Waals surface area contributed by atoms with Gasteiger partial charge in [-0.3, -0.25) is 0 Å². The van der Waals surface area contributed by atoms with E-state index in [4.69, 9.17) is 10.5 Å². The van der Waals surface area contributed by atoms with E-state index in [2.05, 4.69) is 21.8 Å². The molecule has 0 aromatic carbocycles. The third-order valence-corrected chi connectivity index (χ3v) is 3.77. The Morgan fingerprint density at radius 1 is 1.60 bits per heavy atom. The number of carbonyl (C=O) groups is 1. The van der Waals surface area contributed by atoms with Gasteiger partial charge in [-0.25, -0.2) is 9.78 Å².